The molecule has 0 saturated heterocycles. The Morgan fingerprint density at radius 3 is 2.50 bits per heavy atom. The number of amides is 1. The summed E-state index contributed by atoms with van der Waals surface area (Å²) in [7, 11) is 3.19. The van der Waals surface area contributed by atoms with Crippen molar-refractivity contribution >= 4 is 11.9 Å². The van der Waals surface area contributed by atoms with Crippen molar-refractivity contribution in [3.63, 3.8) is 0 Å². The van der Waals surface area contributed by atoms with Crippen molar-refractivity contribution in [2.24, 2.45) is 0 Å². The number of carbonyl (C=O) groups is 2. The van der Waals surface area contributed by atoms with E-state index in [2.05, 4.69) is 5.10 Å². The van der Waals surface area contributed by atoms with E-state index in [9.17, 15) is 9.59 Å². The van der Waals surface area contributed by atoms with Crippen LogP contribution in [0.5, 0.6) is 5.75 Å². The van der Waals surface area contributed by atoms with Crippen molar-refractivity contribution in [1.82, 2.24) is 14.7 Å². The number of carboxylic acids is 1. The number of carboxylic acid groups (broad SMARTS) is 1. The SMILES string of the molecule is CCc1c(C(=O)N(C)CCC(=O)O)cnn1-c1ccc(OC)cc1. The first-order valence-electron chi connectivity index (χ1n) is 7.66. The minimum absolute atomic E-state index is 0.0870. The van der Waals surface area contributed by atoms with Crippen LogP contribution >= 0.6 is 0 Å². The van der Waals surface area contributed by atoms with E-state index >= 15 is 0 Å². The van der Waals surface area contributed by atoms with Gasteiger partial charge in [0.15, 0.2) is 0 Å². The fourth-order valence-corrected chi connectivity index (χ4v) is 2.41. The number of benzene rings is 1. The second-order valence-electron chi connectivity index (χ2n) is 5.34. The topological polar surface area (TPSA) is 84.7 Å². The fraction of sp³-hybridized carbons (Fsp3) is 0.353. The highest BCUT2D eigenvalue weighted by Gasteiger charge is 2.20. The monoisotopic (exact) mass is 331 g/mol. The number of carbonyl (C=O) groups excluding carboxylic acids is 1. The molecule has 0 aliphatic rings. The van der Waals surface area contributed by atoms with Gasteiger partial charge in [-0.15, -0.1) is 0 Å². The van der Waals surface area contributed by atoms with Gasteiger partial charge in [-0.3, -0.25) is 9.59 Å². The lowest BCUT2D eigenvalue weighted by molar-refractivity contribution is -0.137. The molecule has 1 amide bonds. The Balaban J connectivity index is 2.27. The Morgan fingerprint density at radius 1 is 1.29 bits per heavy atom. The number of aromatic nitrogens is 2. The van der Waals surface area contributed by atoms with Crippen molar-refractivity contribution in [2.75, 3.05) is 20.7 Å². The molecule has 0 aliphatic heterocycles. The zero-order valence-corrected chi connectivity index (χ0v) is 14.0. The lowest BCUT2D eigenvalue weighted by Gasteiger charge is -2.16. The molecule has 0 bridgehead atoms. The smallest absolute Gasteiger partial charge is 0.305 e. The van der Waals surface area contributed by atoms with E-state index in [0.717, 1.165) is 17.1 Å². The van der Waals surface area contributed by atoms with Gasteiger partial charge in [0, 0.05) is 13.6 Å². The Kier molecular flexibility index (Phi) is 5.57. The molecule has 7 heteroatoms. The molecule has 0 atom stereocenters. The summed E-state index contributed by atoms with van der Waals surface area (Å²) < 4.78 is 6.86. The molecule has 2 aromatic rings. The molecule has 1 heterocycles. The van der Waals surface area contributed by atoms with Crippen molar-refractivity contribution in [1.29, 1.82) is 0 Å². The van der Waals surface area contributed by atoms with Crippen molar-refractivity contribution in [3.05, 3.63) is 41.7 Å². The maximum Gasteiger partial charge on any atom is 0.305 e. The molecule has 2 rings (SSSR count). The second-order valence-corrected chi connectivity index (χ2v) is 5.34. The zero-order chi connectivity index (χ0) is 17.7. The summed E-state index contributed by atoms with van der Waals surface area (Å²) in [6, 6.07) is 7.40. The maximum atomic E-state index is 12.5. The van der Waals surface area contributed by atoms with E-state index in [-0.39, 0.29) is 18.9 Å². The van der Waals surface area contributed by atoms with Crippen LogP contribution in [0.1, 0.15) is 29.4 Å². The van der Waals surface area contributed by atoms with E-state index in [1.54, 1.807) is 18.8 Å². The van der Waals surface area contributed by atoms with Gasteiger partial charge in [-0.2, -0.15) is 5.10 Å². The Labute approximate surface area is 140 Å². The quantitative estimate of drug-likeness (QED) is 0.839. The van der Waals surface area contributed by atoms with Crippen molar-refractivity contribution in [2.45, 2.75) is 19.8 Å². The molecule has 1 N–H and O–H groups in total. The molecule has 0 spiro atoms. The van der Waals surface area contributed by atoms with Crippen LogP contribution in [0.15, 0.2) is 30.5 Å². The predicted octanol–water partition coefficient (Wildman–Crippen LogP) is 1.99. The average molecular weight is 331 g/mol. The maximum absolute atomic E-state index is 12.5. The van der Waals surface area contributed by atoms with Gasteiger partial charge in [0.1, 0.15) is 5.75 Å². The highest BCUT2D eigenvalue weighted by molar-refractivity contribution is 5.95. The summed E-state index contributed by atoms with van der Waals surface area (Å²) in [5.74, 6) is -0.416. The highest BCUT2D eigenvalue weighted by Crippen LogP contribution is 2.19. The van der Waals surface area contributed by atoms with Gasteiger partial charge in [0.2, 0.25) is 0 Å². The van der Waals surface area contributed by atoms with Crippen LogP contribution in [0.3, 0.4) is 0 Å². The molecule has 0 radical (unpaired) electrons. The second kappa shape index (κ2) is 7.63. The van der Waals surface area contributed by atoms with Gasteiger partial charge >= 0.3 is 5.97 Å². The summed E-state index contributed by atoms with van der Waals surface area (Å²) in [5, 5.41) is 13.1. The zero-order valence-electron chi connectivity index (χ0n) is 14.0. The van der Waals surface area contributed by atoms with Gasteiger partial charge < -0.3 is 14.7 Å². The van der Waals surface area contributed by atoms with E-state index in [0.29, 0.717) is 12.0 Å². The Morgan fingerprint density at radius 2 is 1.96 bits per heavy atom. The number of rotatable bonds is 7. The number of hydrogen-bond donors (Lipinski definition) is 1. The molecule has 0 fully saturated rings. The van der Waals surface area contributed by atoms with Gasteiger partial charge in [0.25, 0.3) is 5.91 Å². The molecule has 0 saturated carbocycles. The van der Waals surface area contributed by atoms with E-state index < -0.39 is 5.97 Å². The average Bonchev–Trinajstić information content (AvgIpc) is 3.02. The van der Waals surface area contributed by atoms with Crippen LogP contribution < -0.4 is 4.74 Å². The van der Waals surface area contributed by atoms with E-state index in [4.69, 9.17) is 9.84 Å². The number of ether oxygens (including phenoxy) is 1. The number of nitrogens with zero attached hydrogens (tertiary/aromatic N) is 3. The molecule has 0 aliphatic carbocycles. The van der Waals surface area contributed by atoms with Crippen molar-refractivity contribution in [3.8, 4) is 11.4 Å². The molecule has 1 aromatic carbocycles. The molecule has 128 valence electrons. The van der Waals surface area contributed by atoms with Crippen LogP contribution in [0, 0.1) is 0 Å². The van der Waals surface area contributed by atoms with Crippen LogP contribution in [-0.2, 0) is 11.2 Å². The standard InChI is InChI=1S/C17H21N3O4/c1-4-15-14(17(23)19(2)10-9-16(21)22)11-18-20(15)12-5-7-13(24-3)8-6-12/h5-8,11H,4,9-10H2,1-3H3,(H,21,22). The summed E-state index contributed by atoms with van der Waals surface area (Å²) in [6.07, 6.45) is 2.07. The van der Waals surface area contributed by atoms with Crippen LogP contribution in [-0.4, -0.2) is 52.4 Å². The minimum Gasteiger partial charge on any atom is -0.497 e. The van der Waals surface area contributed by atoms with Gasteiger partial charge in [-0.05, 0) is 30.7 Å². The Hall–Kier alpha value is -2.83. The number of aliphatic carboxylic acids is 1. The predicted molar refractivity (Wildman–Crippen MR) is 88.7 cm³/mol. The van der Waals surface area contributed by atoms with E-state index in [1.807, 2.05) is 31.2 Å². The van der Waals surface area contributed by atoms with Crippen LogP contribution in [0.4, 0.5) is 0 Å². The summed E-state index contributed by atoms with van der Waals surface area (Å²) >= 11 is 0. The normalized spacial score (nSPS) is 10.5. The first-order valence-corrected chi connectivity index (χ1v) is 7.66. The third kappa shape index (κ3) is 3.73. The number of methoxy groups -OCH3 is 1. The third-order valence-electron chi connectivity index (χ3n) is 3.76. The van der Waals surface area contributed by atoms with Gasteiger partial charge in [-0.1, -0.05) is 6.92 Å². The summed E-state index contributed by atoms with van der Waals surface area (Å²) in [4.78, 5) is 24.6. The molecular formula is C17H21N3O4. The summed E-state index contributed by atoms with van der Waals surface area (Å²) in [5.41, 5.74) is 2.11. The fourth-order valence-electron chi connectivity index (χ4n) is 2.41. The Bertz CT molecular complexity index is 722. The third-order valence-corrected chi connectivity index (χ3v) is 3.76. The lowest BCUT2D eigenvalue weighted by Crippen LogP contribution is -2.29. The van der Waals surface area contributed by atoms with E-state index in [1.165, 1.54) is 11.1 Å². The van der Waals surface area contributed by atoms with Gasteiger partial charge in [-0.25, -0.2) is 4.68 Å². The molecule has 1 aromatic heterocycles. The molecule has 7 nitrogen and oxygen atoms in total. The molecule has 24 heavy (non-hydrogen) atoms. The first kappa shape index (κ1) is 17.5. The summed E-state index contributed by atoms with van der Waals surface area (Å²) in [6.45, 7) is 2.11. The molecular weight excluding hydrogens is 310 g/mol. The largest absolute Gasteiger partial charge is 0.497 e. The van der Waals surface area contributed by atoms with Crippen molar-refractivity contribution < 1.29 is 19.4 Å². The molecule has 0 unspecified atom stereocenters. The van der Waals surface area contributed by atoms with Gasteiger partial charge in [0.05, 0.1) is 36.7 Å². The highest BCUT2D eigenvalue weighted by atomic mass is 16.5. The lowest BCUT2D eigenvalue weighted by atomic mass is 10.1. The van der Waals surface area contributed by atoms with Crippen LogP contribution in [0.2, 0.25) is 0 Å². The first-order chi connectivity index (χ1) is 11.5. The number of hydrogen-bond acceptors (Lipinski definition) is 4. The minimum atomic E-state index is -0.931. The van der Waals surface area contributed by atoms with Crippen LogP contribution in [0.25, 0.3) is 5.69 Å².